The van der Waals surface area contributed by atoms with Crippen LogP contribution in [0.1, 0.15) is 5.56 Å². The van der Waals surface area contributed by atoms with Gasteiger partial charge in [0.05, 0.1) is 21.4 Å². The highest BCUT2D eigenvalue weighted by atomic mass is 35.5. The van der Waals surface area contributed by atoms with Crippen molar-refractivity contribution in [1.82, 2.24) is 9.55 Å². The zero-order valence-corrected chi connectivity index (χ0v) is 12.0. The van der Waals surface area contributed by atoms with Crippen LogP contribution in [0.3, 0.4) is 0 Å². The molecule has 6 nitrogen and oxygen atoms in total. The first-order valence-electron chi connectivity index (χ1n) is 5.04. The predicted octanol–water partition coefficient (Wildman–Crippen LogP) is 4.04. The van der Waals surface area contributed by atoms with E-state index in [1.54, 1.807) is 47.7 Å². The van der Waals surface area contributed by atoms with Crippen molar-refractivity contribution < 1.29 is 10.3 Å². The first-order valence-corrected chi connectivity index (χ1v) is 6.17. The van der Waals surface area contributed by atoms with Gasteiger partial charge in [-0.3, -0.25) is 0 Å². The highest BCUT2D eigenvalue weighted by Gasteiger charge is 2.08. The van der Waals surface area contributed by atoms with Crippen LogP contribution >= 0.6 is 34.8 Å². The Morgan fingerprint density at radius 3 is 2.40 bits per heavy atom. The van der Waals surface area contributed by atoms with Gasteiger partial charge in [0, 0.05) is 24.2 Å². The van der Waals surface area contributed by atoms with Crippen molar-refractivity contribution >= 4 is 46.0 Å². The highest BCUT2D eigenvalue weighted by molar-refractivity contribution is 6.54. The lowest BCUT2D eigenvalue weighted by atomic mass is 10.2. The molecule has 20 heavy (non-hydrogen) atoms. The van der Waals surface area contributed by atoms with Gasteiger partial charge >= 0.3 is 0 Å². The lowest BCUT2D eigenvalue weighted by molar-refractivity contribution is -0.742. The summed E-state index contributed by atoms with van der Waals surface area (Å²) in [5, 5.41) is 15.1. The molecule has 0 aliphatic rings. The Morgan fingerprint density at radius 2 is 1.95 bits per heavy atom. The maximum Gasteiger partial charge on any atom is 0.291 e. The zero-order valence-electron chi connectivity index (χ0n) is 9.78. The summed E-state index contributed by atoms with van der Waals surface area (Å²) in [6, 6.07) is 5.26. The third kappa shape index (κ3) is 5.08. The molecular formula is C11H8Cl3N3O3. The number of hydrogen-bond acceptors (Lipinski definition) is 3. The predicted molar refractivity (Wildman–Crippen MR) is 77.5 cm³/mol. The van der Waals surface area contributed by atoms with E-state index in [1.807, 2.05) is 0 Å². The molecule has 1 N–H and O–H groups in total. The monoisotopic (exact) mass is 335 g/mol. The smallest absolute Gasteiger partial charge is 0.291 e. The van der Waals surface area contributed by atoms with Gasteiger partial charge in [0.1, 0.15) is 0 Å². The van der Waals surface area contributed by atoms with Crippen molar-refractivity contribution in [2.45, 2.75) is 0 Å². The van der Waals surface area contributed by atoms with Gasteiger partial charge in [-0.1, -0.05) is 40.9 Å². The minimum absolute atomic E-state index is 0.466. The van der Waals surface area contributed by atoms with Crippen molar-refractivity contribution in [3.8, 4) is 0 Å². The molecule has 0 saturated heterocycles. The number of nitrogens with zero attached hydrogens (tertiary/aromatic N) is 3. The Labute approximate surface area is 128 Å². The Balaban J connectivity index is 0.000000444. The number of benzene rings is 1. The van der Waals surface area contributed by atoms with Crippen LogP contribution in [0.25, 0.3) is 11.2 Å². The van der Waals surface area contributed by atoms with E-state index < -0.39 is 5.09 Å². The summed E-state index contributed by atoms with van der Waals surface area (Å²) in [5.74, 6) is 0. The van der Waals surface area contributed by atoms with E-state index in [0.717, 1.165) is 0 Å². The van der Waals surface area contributed by atoms with Crippen LogP contribution in [0, 0.1) is 10.1 Å². The number of aromatic nitrogens is 2. The quantitative estimate of drug-likeness (QED) is 0.663. The SMILES string of the molecule is Cl/C(=C/n1ccnc1)c1c(Cl)cccc1Cl.O=[N+]([O-])O. The lowest BCUT2D eigenvalue weighted by Gasteiger charge is -2.05. The Bertz CT molecular complexity index is 590. The summed E-state index contributed by atoms with van der Waals surface area (Å²) in [7, 11) is 0. The maximum atomic E-state index is 8.36. The summed E-state index contributed by atoms with van der Waals surface area (Å²) in [6.07, 6.45) is 6.76. The molecule has 0 unspecified atom stereocenters. The number of imidazole rings is 1. The lowest BCUT2D eigenvalue weighted by Crippen LogP contribution is -1.85. The topological polar surface area (TPSA) is 81.2 Å². The first-order chi connectivity index (χ1) is 9.41. The second-order valence-corrected chi connectivity index (χ2v) is 4.54. The molecule has 2 rings (SSSR count). The summed E-state index contributed by atoms with van der Waals surface area (Å²) in [4.78, 5) is 12.3. The second kappa shape index (κ2) is 7.74. The average molecular weight is 337 g/mol. The van der Waals surface area contributed by atoms with E-state index in [2.05, 4.69) is 4.98 Å². The Kier molecular flexibility index (Phi) is 6.30. The van der Waals surface area contributed by atoms with E-state index in [9.17, 15) is 0 Å². The molecule has 0 atom stereocenters. The summed E-state index contributed by atoms with van der Waals surface area (Å²) in [6.45, 7) is 0. The molecule has 0 amide bonds. The Hall–Kier alpha value is -1.76. The number of halogens is 3. The molecule has 1 aromatic carbocycles. The molecule has 0 bridgehead atoms. The molecule has 106 valence electrons. The second-order valence-electron chi connectivity index (χ2n) is 3.32. The third-order valence-electron chi connectivity index (χ3n) is 1.99. The van der Waals surface area contributed by atoms with E-state index in [0.29, 0.717) is 20.6 Å². The minimum Gasteiger partial charge on any atom is -0.328 e. The van der Waals surface area contributed by atoms with Gasteiger partial charge < -0.3 is 9.77 Å². The van der Waals surface area contributed by atoms with E-state index >= 15 is 0 Å². The molecule has 1 aromatic heterocycles. The van der Waals surface area contributed by atoms with Crippen LogP contribution in [-0.2, 0) is 0 Å². The fraction of sp³-hybridized carbons (Fsp3) is 0. The summed E-state index contributed by atoms with van der Waals surface area (Å²) < 4.78 is 1.72. The molecule has 9 heteroatoms. The molecular weight excluding hydrogens is 328 g/mol. The average Bonchev–Trinajstić information content (AvgIpc) is 2.80. The maximum absolute atomic E-state index is 8.36. The fourth-order valence-electron chi connectivity index (χ4n) is 1.27. The van der Waals surface area contributed by atoms with Crippen molar-refractivity contribution in [1.29, 1.82) is 0 Å². The normalized spacial score (nSPS) is 10.7. The fourth-order valence-corrected chi connectivity index (χ4v) is 2.28. The van der Waals surface area contributed by atoms with Crippen LogP contribution in [0.2, 0.25) is 10.0 Å². The van der Waals surface area contributed by atoms with Crippen molar-refractivity contribution in [3.63, 3.8) is 0 Å². The Morgan fingerprint density at radius 1 is 1.40 bits per heavy atom. The van der Waals surface area contributed by atoms with Crippen molar-refractivity contribution in [3.05, 3.63) is 62.6 Å². The summed E-state index contributed by atoms with van der Waals surface area (Å²) >= 11 is 18.2. The zero-order chi connectivity index (χ0) is 15.1. The molecule has 2 aromatic rings. The van der Waals surface area contributed by atoms with Gasteiger partial charge in [-0.05, 0) is 12.1 Å². The number of hydrogen-bond donors (Lipinski definition) is 1. The van der Waals surface area contributed by atoms with Crippen LogP contribution in [0.4, 0.5) is 0 Å². The van der Waals surface area contributed by atoms with Crippen LogP contribution in [-0.4, -0.2) is 19.8 Å². The van der Waals surface area contributed by atoms with Crippen molar-refractivity contribution in [2.24, 2.45) is 0 Å². The third-order valence-corrected chi connectivity index (χ3v) is 2.91. The van der Waals surface area contributed by atoms with Gasteiger partial charge in [0.2, 0.25) is 0 Å². The molecule has 0 radical (unpaired) electrons. The molecule has 0 saturated carbocycles. The van der Waals surface area contributed by atoms with Gasteiger partial charge in [-0.25, -0.2) is 4.98 Å². The standard InChI is InChI=1S/C11H7Cl3N2.HNO3/c12-8-2-1-3-9(13)11(8)10(14)6-16-5-4-15-7-16;2-1(3)4/h1-7H;(H,2,3,4)/b10-6+;. The summed E-state index contributed by atoms with van der Waals surface area (Å²) in [5.41, 5.74) is 0.626. The number of rotatable bonds is 2. The van der Waals surface area contributed by atoms with Gasteiger partial charge in [-0.2, -0.15) is 0 Å². The molecule has 0 aliphatic carbocycles. The van der Waals surface area contributed by atoms with E-state index in [-0.39, 0.29) is 0 Å². The van der Waals surface area contributed by atoms with Gasteiger partial charge in [-0.15, -0.1) is 10.1 Å². The highest BCUT2D eigenvalue weighted by Crippen LogP contribution is 2.33. The largest absolute Gasteiger partial charge is 0.328 e. The van der Waals surface area contributed by atoms with Gasteiger partial charge in [0.15, 0.2) is 0 Å². The van der Waals surface area contributed by atoms with Gasteiger partial charge in [0.25, 0.3) is 5.09 Å². The molecule has 0 fully saturated rings. The minimum atomic E-state index is -1.50. The van der Waals surface area contributed by atoms with Crippen molar-refractivity contribution in [2.75, 3.05) is 0 Å². The van der Waals surface area contributed by atoms with Crippen LogP contribution < -0.4 is 0 Å². The first kappa shape index (κ1) is 16.3. The van der Waals surface area contributed by atoms with E-state index in [4.69, 9.17) is 50.1 Å². The molecule has 1 heterocycles. The van der Waals surface area contributed by atoms with E-state index in [1.165, 1.54) is 0 Å². The van der Waals surface area contributed by atoms with Crippen LogP contribution in [0.15, 0.2) is 36.9 Å². The molecule has 0 aliphatic heterocycles. The van der Waals surface area contributed by atoms with Crippen LogP contribution in [0.5, 0.6) is 0 Å². The molecule has 0 spiro atoms.